The fourth-order valence-electron chi connectivity index (χ4n) is 4.49. The maximum absolute atomic E-state index is 6.20. The van der Waals surface area contributed by atoms with Crippen LogP contribution >= 0.6 is 0 Å². The molecule has 0 aliphatic rings. The lowest BCUT2D eigenvalue weighted by Gasteiger charge is -2.09. The van der Waals surface area contributed by atoms with Crippen LogP contribution in [0.3, 0.4) is 0 Å². The summed E-state index contributed by atoms with van der Waals surface area (Å²) >= 11 is 0. The summed E-state index contributed by atoms with van der Waals surface area (Å²) in [6.45, 7) is 4.27. The van der Waals surface area contributed by atoms with Gasteiger partial charge in [0, 0.05) is 21.7 Å². The van der Waals surface area contributed by atoms with Crippen molar-refractivity contribution in [2.45, 2.75) is 13.8 Å². The topological polar surface area (TPSA) is 26.0 Å². The molecule has 6 rings (SSSR count). The Bertz CT molecular complexity index is 1470. The molecule has 2 heteroatoms. The van der Waals surface area contributed by atoms with E-state index in [0.29, 0.717) is 0 Å². The minimum Gasteiger partial charge on any atom is -0.454 e. The van der Waals surface area contributed by atoms with Crippen molar-refractivity contribution in [2.75, 3.05) is 0 Å². The minimum absolute atomic E-state index is 0.856. The fourth-order valence-corrected chi connectivity index (χ4v) is 4.49. The average molecular weight is 347 g/mol. The van der Waals surface area contributed by atoms with Gasteiger partial charge in [0.25, 0.3) is 0 Å². The van der Waals surface area contributed by atoms with Crippen LogP contribution in [0.15, 0.2) is 71.3 Å². The monoisotopic (exact) mass is 347 g/mol. The van der Waals surface area contributed by atoms with Gasteiger partial charge in [0.1, 0.15) is 5.58 Å². The van der Waals surface area contributed by atoms with Crippen molar-refractivity contribution in [3.63, 3.8) is 0 Å². The molecule has 2 heterocycles. The highest BCUT2D eigenvalue weighted by molar-refractivity contribution is 6.29. The van der Waals surface area contributed by atoms with Crippen molar-refractivity contribution in [3.05, 3.63) is 78.0 Å². The molecule has 2 nitrogen and oxygen atoms in total. The molecule has 0 saturated carbocycles. The van der Waals surface area contributed by atoms with Crippen LogP contribution in [0.25, 0.3) is 54.7 Å². The van der Waals surface area contributed by atoms with E-state index in [2.05, 4.69) is 74.5 Å². The number of hydrogen-bond donors (Lipinski definition) is 0. The SMILES string of the molecule is Cc1cc(C)cc(-c2ncc3oc4cc5ccccc5c5ccc2c3c45)c1. The van der Waals surface area contributed by atoms with E-state index in [-0.39, 0.29) is 0 Å². The first-order valence-electron chi connectivity index (χ1n) is 9.23. The molecule has 0 amide bonds. The fraction of sp³-hybridized carbons (Fsp3) is 0.0800. The number of pyridine rings is 1. The van der Waals surface area contributed by atoms with Crippen LogP contribution in [0.2, 0.25) is 0 Å². The Morgan fingerprint density at radius 3 is 2.30 bits per heavy atom. The summed E-state index contributed by atoms with van der Waals surface area (Å²) in [7, 11) is 0. The first-order valence-corrected chi connectivity index (χ1v) is 9.23. The maximum Gasteiger partial charge on any atom is 0.154 e. The lowest BCUT2D eigenvalue weighted by atomic mass is 9.95. The quantitative estimate of drug-likeness (QED) is 0.299. The summed E-state index contributed by atoms with van der Waals surface area (Å²) < 4.78 is 6.20. The van der Waals surface area contributed by atoms with Crippen molar-refractivity contribution < 1.29 is 4.42 Å². The van der Waals surface area contributed by atoms with Gasteiger partial charge in [0.2, 0.25) is 0 Å². The molecule has 0 spiro atoms. The highest BCUT2D eigenvalue weighted by atomic mass is 16.3. The van der Waals surface area contributed by atoms with Gasteiger partial charge in [0.05, 0.1) is 11.9 Å². The van der Waals surface area contributed by atoms with Crippen LogP contribution in [0.4, 0.5) is 0 Å². The summed E-state index contributed by atoms with van der Waals surface area (Å²) in [6.07, 6.45) is 1.87. The van der Waals surface area contributed by atoms with Gasteiger partial charge in [-0.15, -0.1) is 0 Å². The zero-order chi connectivity index (χ0) is 18.1. The van der Waals surface area contributed by atoms with E-state index in [1.807, 2.05) is 6.20 Å². The zero-order valence-electron chi connectivity index (χ0n) is 15.2. The van der Waals surface area contributed by atoms with E-state index < -0.39 is 0 Å². The third-order valence-electron chi connectivity index (χ3n) is 5.52. The summed E-state index contributed by atoms with van der Waals surface area (Å²) in [5, 5.41) is 7.24. The van der Waals surface area contributed by atoms with Crippen LogP contribution in [0.5, 0.6) is 0 Å². The van der Waals surface area contributed by atoms with Crippen molar-refractivity contribution in [3.8, 4) is 11.3 Å². The van der Waals surface area contributed by atoms with E-state index in [4.69, 9.17) is 9.40 Å². The number of hydrogen-bond acceptors (Lipinski definition) is 2. The molecule has 0 aliphatic heterocycles. The number of benzene rings is 4. The second kappa shape index (κ2) is 5.08. The third-order valence-corrected chi connectivity index (χ3v) is 5.52. The number of fused-ring (bicyclic) bond motifs is 2. The normalized spacial score (nSPS) is 12.1. The van der Waals surface area contributed by atoms with E-state index in [1.54, 1.807) is 0 Å². The van der Waals surface area contributed by atoms with Gasteiger partial charge in [-0.1, -0.05) is 53.6 Å². The van der Waals surface area contributed by atoms with Crippen molar-refractivity contribution in [1.82, 2.24) is 4.98 Å². The average Bonchev–Trinajstić information content (AvgIpc) is 3.03. The van der Waals surface area contributed by atoms with Crippen LogP contribution in [0, 0.1) is 13.8 Å². The maximum atomic E-state index is 6.20. The lowest BCUT2D eigenvalue weighted by Crippen LogP contribution is -1.89. The van der Waals surface area contributed by atoms with Gasteiger partial charge < -0.3 is 4.42 Å². The lowest BCUT2D eigenvalue weighted by molar-refractivity contribution is 0.668. The molecule has 0 radical (unpaired) electrons. The van der Waals surface area contributed by atoms with Crippen LogP contribution in [0.1, 0.15) is 11.1 Å². The van der Waals surface area contributed by atoms with E-state index in [0.717, 1.165) is 27.8 Å². The van der Waals surface area contributed by atoms with Crippen LogP contribution in [-0.4, -0.2) is 4.98 Å². The third kappa shape index (κ3) is 1.98. The Morgan fingerprint density at radius 1 is 0.704 bits per heavy atom. The molecule has 128 valence electrons. The summed E-state index contributed by atoms with van der Waals surface area (Å²) in [6, 6.07) is 21.7. The number of rotatable bonds is 1. The predicted molar refractivity (Wildman–Crippen MR) is 113 cm³/mol. The Labute approximate surface area is 156 Å². The molecule has 6 aromatic rings. The standard InChI is InChI=1S/C25H17NO/c1-14-9-15(2)11-17(10-14)25-20-8-7-19-18-6-4-3-5-16(18)12-21-23(19)24(20)22(27-21)13-26-25/h3-13H,1-2H3. The Kier molecular flexibility index (Phi) is 2.77. The minimum atomic E-state index is 0.856. The Morgan fingerprint density at radius 2 is 1.44 bits per heavy atom. The number of aryl methyl sites for hydroxylation is 2. The van der Waals surface area contributed by atoms with E-state index >= 15 is 0 Å². The van der Waals surface area contributed by atoms with E-state index in [9.17, 15) is 0 Å². The highest BCUT2D eigenvalue weighted by Crippen LogP contribution is 2.42. The highest BCUT2D eigenvalue weighted by Gasteiger charge is 2.18. The molecule has 0 bridgehead atoms. The van der Waals surface area contributed by atoms with Crippen LogP contribution in [-0.2, 0) is 0 Å². The summed E-state index contributed by atoms with van der Waals surface area (Å²) in [5.41, 5.74) is 6.47. The Balaban J connectivity index is 1.80. The van der Waals surface area contributed by atoms with Gasteiger partial charge in [0.15, 0.2) is 5.58 Å². The molecule has 2 aromatic heterocycles. The van der Waals surface area contributed by atoms with Gasteiger partial charge in [-0.2, -0.15) is 0 Å². The van der Waals surface area contributed by atoms with Crippen LogP contribution < -0.4 is 0 Å². The molecule has 0 fully saturated rings. The summed E-state index contributed by atoms with van der Waals surface area (Å²) in [4.78, 5) is 4.78. The molecule has 27 heavy (non-hydrogen) atoms. The van der Waals surface area contributed by atoms with Crippen molar-refractivity contribution >= 4 is 43.5 Å². The molecular weight excluding hydrogens is 330 g/mol. The second-order valence-electron chi connectivity index (χ2n) is 7.46. The predicted octanol–water partition coefficient (Wildman–Crippen LogP) is 7.01. The van der Waals surface area contributed by atoms with Gasteiger partial charge in [-0.25, -0.2) is 0 Å². The Hall–Kier alpha value is -3.39. The molecule has 4 aromatic carbocycles. The first kappa shape index (κ1) is 14.7. The first-order chi connectivity index (χ1) is 13.2. The van der Waals surface area contributed by atoms with Gasteiger partial charge >= 0.3 is 0 Å². The summed E-state index contributed by atoms with van der Waals surface area (Å²) in [5.74, 6) is 0. The van der Waals surface area contributed by atoms with Crippen molar-refractivity contribution in [1.29, 1.82) is 0 Å². The molecule has 0 saturated heterocycles. The molecule has 0 unspecified atom stereocenters. The van der Waals surface area contributed by atoms with E-state index in [1.165, 1.54) is 38.1 Å². The molecule has 0 N–H and O–H groups in total. The molecule has 0 atom stereocenters. The number of aromatic nitrogens is 1. The zero-order valence-corrected chi connectivity index (χ0v) is 15.2. The second-order valence-corrected chi connectivity index (χ2v) is 7.46. The van der Waals surface area contributed by atoms with Crippen molar-refractivity contribution in [2.24, 2.45) is 0 Å². The smallest absolute Gasteiger partial charge is 0.154 e. The largest absolute Gasteiger partial charge is 0.454 e. The van der Waals surface area contributed by atoms with Gasteiger partial charge in [-0.3, -0.25) is 4.98 Å². The number of nitrogens with zero attached hydrogens (tertiary/aromatic N) is 1. The number of furan rings is 1. The van der Waals surface area contributed by atoms with Gasteiger partial charge in [-0.05, 0) is 48.2 Å². The molecular formula is C25H17NO. The molecule has 0 aliphatic carbocycles.